The molecule has 0 fully saturated rings. The van der Waals surface area contributed by atoms with Crippen molar-refractivity contribution in [3.63, 3.8) is 0 Å². The third-order valence-electron chi connectivity index (χ3n) is 2.63. The molecule has 0 heterocycles. The number of hydrogen-bond acceptors (Lipinski definition) is 1. The summed E-state index contributed by atoms with van der Waals surface area (Å²) < 4.78 is 0. The van der Waals surface area contributed by atoms with E-state index in [2.05, 4.69) is 34.3 Å². The standard InChI is InChI=1S/C12H26.CHN/c1-5-7-8-9-11-12(3,4)10-6-2;1-2/h5-11H2,1-4H3;1H. The zero-order valence-corrected chi connectivity index (χ0v) is 10.5. The molecule has 0 aliphatic rings. The lowest BCUT2D eigenvalue weighted by atomic mass is 9.83. The van der Waals surface area contributed by atoms with Crippen molar-refractivity contribution in [1.29, 1.82) is 5.26 Å². The van der Waals surface area contributed by atoms with E-state index < -0.39 is 0 Å². The highest BCUT2D eigenvalue weighted by Gasteiger charge is 2.15. The second-order valence-corrected chi connectivity index (χ2v) is 4.72. The van der Waals surface area contributed by atoms with E-state index in [-0.39, 0.29) is 0 Å². The van der Waals surface area contributed by atoms with Gasteiger partial charge in [-0.25, -0.2) is 5.26 Å². The Morgan fingerprint density at radius 2 is 1.43 bits per heavy atom. The minimum Gasteiger partial charge on any atom is -0.202 e. The highest BCUT2D eigenvalue weighted by Crippen LogP contribution is 2.28. The Morgan fingerprint density at radius 3 is 1.86 bits per heavy atom. The molecule has 0 saturated heterocycles. The maximum absolute atomic E-state index is 6.50. The van der Waals surface area contributed by atoms with E-state index >= 15 is 0 Å². The first kappa shape index (κ1) is 15.9. The molecule has 84 valence electrons. The van der Waals surface area contributed by atoms with Gasteiger partial charge in [-0.15, -0.1) is 0 Å². The lowest BCUT2D eigenvalue weighted by Gasteiger charge is -2.23. The summed E-state index contributed by atoms with van der Waals surface area (Å²) in [5.41, 5.74) is 0.600. The fraction of sp³-hybridized carbons (Fsp3) is 0.923. The number of unbranched alkanes of at least 4 members (excludes halogenated alkanes) is 3. The molecule has 0 aromatic carbocycles. The average molecular weight is 197 g/mol. The van der Waals surface area contributed by atoms with Crippen molar-refractivity contribution >= 4 is 0 Å². The van der Waals surface area contributed by atoms with Gasteiger partial charge >= 0.3 is 0 Å². The van der Waals surface area contributed by atoms with Gasteiger partial charge in [-0.3, -0.25) is 0 Å². The monoisotopic (exact) mass is 197 g/mol. The summed E-state index contributed by atoms with van der Waals surface area (Å²) in [4.78, 5) is 0. The molecule has 0 N–H and O–H groups in total. The van der Waals surface area contributed by atoms with E-state index in [0.29, 0.717) is 5.41 Å². The van der Waals surface area contributed by atoms with Gasteiger partial charge in [-0.1, -0.05) is 59.8 Å². The van der Waals surface area contributed by atoms with Crippen LogP contribution in [-0.2, 0) is 0 Å². The molecule has 0 radical (unpaired) electrons. The quantitative estimate of drug-likeness (QED) is 0.531. The number of nitrogens with zero attached hydrogens (tertiary/aromatic N) is 1. The van der Waals surface area contributed by atoms with Gasteiger partial charge in [0, 0.05) is 6.57 Å². The maximum Gasteiger partial charge on any atom is 0.0462 e. The molecule has 0 atom stereocenters. The van der Waals surface area contributed by atoms with Gasteiger partial charge < -0.3 is 0 Å². The highest BCUT2D eigenvalue weighted by molar-refractivity contribution is 4.67. The van der Waals surface area contributed by atoms with Crippen LogP contribution in [0, 0.1) is 17.2 Å². The molecule has 0 rings (SSSR count). The first-order valence-corrected chi connectivity index (χ1v) is 5.88. The number of hydrogen-bond donors (Lipinski definition) is 0. The van der Waals surface area contributed by atoms with Gasteiger partial charge in [0.2, 0.25) is 0 Å². The van der Waals surface area contributed by atoms with Gasteiger partial charge in [-0.2, -0.15) is 0 Å². The fourth-order valence-electron chi connectivity index (χ4n) is 1.83. The largest absolute Gasteiger partial charge is 0.202 e. The van der Waals surface area contributed by atoms with Crippen molar-refractivity contribution in [2.24, 2.45) is 5.41 Å². The molecular formula is C13H27N. The molecule has 0 unspecified atom stereocenters. The summed E-state index contributed by atoms with van der Waals surface area (Å²) in [6.45, 7) is 12.9. The minimum atomic E-state index is 0.600. The van der Waals surface area contributed by atoms with Crippen LogP contribution in [0.5, 0.6) is 0 Å². The van der Waals surface area contributed by atoms with Crippen LogP contribution in [0.3, 0.4) is 0 Å². The van der Waals surface area contributed by atoms with Crippen molar-refractivity contribution in [3.05, 3.63) is 0 Å². The van der Waals surface area contributed by atoms with Crippen LogP contribution >= 0.6 is 0 Å². The van der Waals surface area contributed by atoms with E-state index in [9.17, 15) is 0 Å². The van der Waals surface area contributed by atoms with Crippen LogP contribution < -0.4 is 0 Å². The summed E-state index contributed by atoms with van der Waals surface area (Å²) >= 11 is 0. The molecule has 0 aromatic rings. The van der Waals surface area contributed by atoms with Gasteiger partial charge in [0.05, 0.1) is 0 Å². The Labute approximate surface area is 90.5 Å². The summed E-state index contributed by atoms with van der Waals surface area (Å²) in [6, 6.07) is 0. The third kappa shape index (κ3) is 11.5. The van der Waals surface area contributed by atoms with Crippen LogP contribution in [0.4, 0.5) is 0 Å². The van der Waals surface area contributed by atoms with Gasteiger partial charge in [0.1, 0.15) is 0 Å². The lowest BCUT2D eigenvalue weighted by molar-refractivity contribution is 0.291. The highest BCUT2D eigenvalue weighted by atomic mass is 14.2. The first-order valence-electron chi connectivity index (χ1n) is 5.88. The molecule has 0 aromatic heterocycles. The SMILES string of the molecule is C#N.CCCCCCC(C)(C)CCC. The maximum atomic E-state index is 6.50. The Morgan fingerprint density at radius 1 is 0.857 bits per heavy atom. The summed E-state index contributed by atoms with van der Waals surface area (Å²) in [7, 11) is 0. The molecule has 14 heavy (non-hydrogen) atoms. The van der Waals surface area contributed by atoms with Crippen molar-refractivity contribution in [2.75, 3.05) is 0 Å². The summed E-state index contributed by atoms with van der Waals surface area (Å²) in [5, 5.41) is 6.50. The Hall–Kier alpha value is -0.510. The Balaban J connectivity index is 0. The van der Waals surface area contributed by atoms with Crippen LogP contribution in [0.1, 0.15) is 72.6 Å². The number of nitriles is 1. The molecule has 0 aliphatic heterocycles. The third-order valence-corrected chi connectivity index (χ3v) is 2.63. The predicted molar refractivity (Wildman–Crippen MR) is 64.1 cm³/mol. The van der Waals surface area contributed by atoms with Crippen LogP contribution in [0.2, 0.25) is 0 Å². The molecule has 0 saturated carbocycles. The summed E-state index contributed by atoms with van der Waals surface area (Å²) in [5.74, 6) is 0. The first-order chi connectivity index (χ1) is 6.62. The van der Waals surface area contributed by atoms with E-state index in [1.54, 1.807) is 0 Å². The van der Waals surface area contributed by atoms with Crippen LogP contribution in [-0.4, -0.2) is 0 Å². The number of rotatable bonds is 7. The van der Waals surface area contributed by atoms with Gasteiger partial charge in [0.25, 0.3) is 0 Å². The van der Waals surface area contributed by atoms with Gasteiger partial charge in [0.15, 0.2) is 0 Å². The Kier molecular flexibility index (Phi) is 12.0. The lowest BCUT2D eigenvalue weighted by Crippen LogP contribution is -2.10. The van der Waals surface area contributed by atoms with Crippen LogP contribution in [0.15, 0.2) is 0 Å². The average Bonchev–Trinajstić information content (AvgIpc) is 2.16. The van der Waals surface area contributed by atoms with Crippen molar-refractivity contribution in [3.8, 4) is 6.57 Å². The molecule has 1 heteroatoms. The molecule has 0 aliphatic carbocycles. The smallest absolute Gasteiger partial charge is 0.0462 e. The minimum absolute atomic E-state index is 0.600. The molecule has 0 amide bonds. The van der Waals surface area contributed by atoms with Crippen molar-refractivity contribution < 1.29 is 0 Å². The van der Waals surface area contributed by atoms with E-state index in [1.165, 1.54) is 44.9 Å². The molecular weight excluding hydrogens is 170 g/mol. The van der Waals surface area contributed by atoms with Gasteiger partial charge in [-0.05, 0) is 18.3 Å². The van der Waals surface area contributed by atoms with E-state index in [0.717, 1.165) is 0 Å². The predicted octanol–water partition coefficient (Wildman–Crippen LogP) is 4.92. The van der Waals surface area contributed by atoms with Crippen LogP contribution in [0.25, 0.3) is 0 Å². The Bertz CT molecular complexity index is 124. The zero-order valence-electron chi connectivity index (χ0n) is 10.5. The summed E-state index contributed by atoms with van der Waals surface area (Å²) in [6.07, 6.45) is 9.78. The molecule has 0 spiro atoms. The molecule has 0 bridgehead atoms. The van der Waals surface area contributed by atoms with E-state index in [1.807, 2.05) is 0 Å². The second kappa shape index (κ2) is 10.6. The zero-order chi connectivity index (χ0) is 11.4. The fourth-order valence-corrected chi connectivity index (χ4v) is 1.83. The topological polar surface area (TPSA) is 23.8 Å². The second-order valence-electron chi connectivity index (χ2n) is 4.72. The van der Waals surface area contributed by atoms with Crippen molar-refractivity contribution in [1.82, 2.24) is 0 Å². The van der Waals surface area contributed by atoms with E-state index in [4.69, 9.17) is 5.26 Å². The normalized spacial score (nSPS) is 10.4. The van der Waals surface area contributed by atoms with Crippen molar-refractivity contribution in [2.45, 2.75) is 72.6 Å². The molecule has 1 nitrogen and oxygen atoms in total.